The molecule has 6 nitrogen and oxygen atoms in total. The zero-order valence-corrected chi connectivity index (χ0v) is 16.4. The van der Waals surface area contributed by atoms with Crippen LogP contribution in [0.15, 0.2) is 24.3 Å². The molecule has 1 atom stereocenters. The van der Waals surface area contributed by atoms with Crippen LogP contribution in [0.2, 0.25) is 0 Å². The van der Waals surface area contributed by atoms with Crippen LogP contribution in [0.4, 0.5) is 15.3 Å². The van der Waals surface area contributed by atoms with Crippen molar-refractivity contribution in [3.63, 3.8) is 0 Å². The summed E-state index contributed by atoms with van der Waals surface area (Å²) in [5.74, 6) is 0. The Kier molecular flexibility index (Phi) is 6.31. The Morgan fingerprint density at radius 1 is 1.29 bits per heavy atom. The maximum absolute atomic E-state index is 12.4. The van der Waals surface area contributed by atoms with Gasteiger partial charge < -0.3 is 20.3 Å². The molecular weight excluding hydrogens is 421 g/mol. The number of halogens is 1. The molecule has 1 aromatic rings. The average molecular weight is 445 g/mol. The molecule has 0 aromatic heterocycles. The lowest BCUT2D eigenvalue weighted by Crippen LogP contribution is -2.51. The van der Waals surface area contributed by atoms with Crippen molar-refractivity contribution in [3.05, 3.63) is 27.8 Å². The Morgan fingerprint density at radius 3 is 2.67 bits per heavy atom. The molecule has 2 N–H and O–H groups in total. The van der Waals surface area contributed by atoms with Crippen molar-refractivity contribution >= 4 is 40.4 Å². The molecule has 2 rings (SSSR count). The number of carbonyl (C=O) groups excluding carboxylic acids is 2. The first kappa shape index (κ1) is 18.8. The van der Waals surface area contributed by atoms with Gasteiger partial charge >= 0.3 is 12.1 Å². The molecule has 24 heavy (non-hydrogen) atoms. The van der Waals surface area contributed by atoms with Gasteiger partial charge in [-0.05, 0) is 68.3 Å². The minimum atomic E-state index is -0.528. The summed E-state index contributed by atoms with van der Waals surface area (Å²) in [4.78, 5) is 26.1. The van der Waals surface area contributed by atoms with Crippen LogP contribution >= 0.6 is 22.6 Å². The van der Waals surface area contributed by atoms with E-state index in [1.807, 2.05) is 45.0 Å². The number of ether oxygens (including phenoxy) is 1. The number of benzene rings is 1. The molecule has 0 unspecified atom stereocenters. The van der Waals surface area contributed by atoms with Crippen LogP contribution in [-0.2, 0) is 4.74 Å². The number of likely N-dealkylation sites (tertiary alicyclic amines) is 1. The van der Waals surface area contributed by atoms with Crippen LogP contribution in [0.3, 0.4) is 0 Å². The number of carbonyl (C=O) groups is 2. The minimum absolute atomic E-state index is 0.0887. The van der Waals surface area contributed by atoms with Crippen molar-refractivity contribution in [1.82, 2.24) is 10.2 Å². The van der Waals surface area contributed by atoms with Crippen molar-refractivity contribution in [2.75, 3.05) is 18.4 Å². The van der Waals surface area contributed by atoms with Crippen LogP contribution in [0.25, 0.3) is 0 Å². The zero-order valence-electron chi connectivity index (χ0n) is 14.3. The molecule has 0 bridgehead atoms. The summed E-state index contributed by atoms with van der Waals surface area (Å²) in [7, 11) is 0. The molecule has 3 amide bonds. The lowest BCUT2D eigenvalue weighted by Gasteiger charge is -2.33. The number of nitrogens with one attached hydrogen (secondary N) is 2. The van der Waals surface area contributed by atoms with Gasteiger partial charge in [-0.3, -0.25) is 0 Å². The third-order valence-electron chi connectivity index (χ3n) is 3.54. The topological polar surface area (TPSA) is 70.7 Å². The van der Waals surface area contributed by atoms with Gasteiger partial charge in [0.1, 0.15) is 5.60 Å². The van der Waals surface area contributed by atoms with E-state index in [1.165, 1.54) is 0 Å². The van der Waals surface area contributed by atoms with E-state index in [0.29, 0.717) is 13.1 Å². The van der Waals surface area contributed by atoms with Gasteiger partial charge in [-0.25, -0.2) is 9.59 Å². The van der Waals surface area contributed by atoms with Crippen molar-refractivity contribution in [2.45, 2.75) is 45.3 Å². The van der Waals surface area contributed by atoms with E-state index in [2.05, 4.69) is 33.2 Å². The fourth-order valence-corrected chi connectivity index (χ4v) is 3.03. The third kappa shape index (κ3) is 5.85. The van der Waals surface area contributed by atoms with E-state index in [-0.39, 0.29) is 12.1 Å². The number of para-hydroxylation sites is 1. The third-order valence-corrected chi connectivity index (χ3v) is 4.49. The number of anilines is 1. The van der Waals surface area contributed by atoms with E-state index in [9.17, 15) is 9.59 Å². The van der Waals surface area contributed by atoms with E-state index in [4.69, 9.17) is 4.74 Å². The second-order valence-electron chi connectivity index (χ2n) is 6.84. The lowest BCUT2D eigenvalue weighted by atomic mass is 10.1. The smallest absolute Gasteiger partial charge is 0.407 e. The quantitative estimate of drug-likeness (QED) is 0.681. The molecular formula is C17H24IN3O3. The van der Waals surface area contributed by atoms with Crippen molar-refractivity contribution in [2.24, 2.45) is 0 Å². The Balaban J connectivity index is 1.89. The highest BCUT2D eigenvalue weighted by atomic mass is 127. The number of hydrogen-bond donors (Lipinski definition) is 2. The molecule has 0 saturated carbocycles. The number of rotatable bonds is 2. The van der Waals surface area contributed by atoms with Gasteiger partial charge in [0.05, 0.1) is 5.69 Å². The molecule has 0 spiro atoms. The molecule has 1 aliphatic heterocycles. The number of urea groups is 1. The average Bonchev–Trinajstić information content (AvgIpc) is 2.48. The second kappa shape index (κ2) is 8.04. The number of alkyl carbamates (subject to hydrolysis) is 1. The zero-order chi connectivity index (χ0) is 17.7. The predicted molar refractivity (Wildman–Crippen MR) is 102 cm³/mol. The van der Waals surface area contributed by atoms with Crippen LogP contribution < -0.4 is 10.6 Å². The Labute approximate surface area is 156 Å². The van der Waals surface area contributed by atoms with Crippen molar-refractivity contribution < 1.29 is 14.3 Å². The number of piperidine rings is 1. The maximum atomic E-state index is 12.4. The van der Waals surface area contributed by atoms with Gasteiger partial charge in [0.25, 0.3) is 0 Å². The van der Waals surface area contributed by atoms with Crippen LogP contribution in [-0.4, -0.2) is 41.8 Å². The van der Waals surface area contributed by atoms with Crippen LogP contribution in [0.5, 0.6) is 0 Å². The highest BCUT2D eigenvalue weighted by Gasteiger charge is 2.26. The van der Waals surface area contributed by atoms with E-state index in [1.54, 1.807) is 4.90 Å². The Morgan fingerprint density at radius 2 is 2.00 bits per heavy atom. The van der Waals surface area contributed by atoms with Gasteiger partial charge in [0, 0.05) is 22.7 Å². The molecule has 1 aromatic carbocycles. The maximum Gasteiger partial charge on any atom is 0.407 e. The molecule has 1 heterocycles. The predicted octanol–water partition coefficient (Wildman–Crippen LogP) is 3.81. The summed E-state index contributed by atoms with van der Waals surface area (Å²) < 4.78 is 6.27. The molecule has 0 aliphatic carbocycles. The Hall–Kier alpha value is -1.51. The molecule has 1 fully saturated rings. The van der Waals surface area contributed by atoms with Crippen molar-refractivity contribution in [3.8, 4) is 0 Å². The molecule has 1 saturated heterocycles. The minimum Gasteiger partial charge on any atom is -0.444 e. The summed E-state index contributed by atoms with van der Waals surface area (Å²) in [5, 5.41) is 5.78. The largest absolute Gasteiger partial charge is 0.444 e. The van der Waals surface area contributed by atoms with E-state index in [0.717, 1.165) is 22.1 Å². The number of amides is 3. The fourth-order valence-electron chi connectivity index (χ4n) is 2.51. The summed E-state index contributed by atoms with van der Waals surface area (Å²) in [6.07, 6.45) is 1.25. The SMILES string of the molecule is CC(C)(C)OC(=O)N[C@H]1CCCN(C(=O)Nc2ccccc2I)C1. The molecule has 1 aliphatic rings. The van der Waals surface area contributed by atoms with E-state index >= 15 is 0 Å². The van der Waals surface area contributed by atoms with Gasteiger partial charge in [0.2, 0.25) is 0 Å². The first-order valence-electron chi connectivity index (χ1n) is 8.04. The summed E-state index contributed by atoms with van der Waals surface area (Å²) in [6, 6.07) is 7.41. The lowest BCUT2D eigenvalue weighted by molar-refractivity contribution is 0.0480. The summed E-state index contributed by atoms with van der Waals surface area (Å²) >= 11 is 2.19. The van der Waals surface area contributed by atoms with Gasteiger partial charge in [0.15, 0.2) is 0 Å². The highest BCUT2D eigenvalue weighted by Crippen LogP contribution is 2.19. The normalized spacial score (nSPS) is 18.0. The number of hydrogen-bond acceptors (Lipinski definition) is 3. The van der Waals surface area contributed by atoms with Crippen molar-refractivity contribution in [1.29, 1.82) is 0 Å². The first-order valence-corrected chi connectivity index (χ1v) is 9.12. The monoisotopic (exact) mass is 445 g/mol. The summed E-state index contributed by atoms with van der Waals surface area (Å²) in [5.41, 5.74) is 0.269. The van der Waals surface area contributed by atoms with Gasteiger partial charge in [-0.2, -0.15) is 0 Å². The molecule has 0 radical (unpaired) electrons. The fraction of sp³-hybridized carbons (Fsp3) is 0.529. The standard InChI is InChI=1S/C17H24IN3O3/c1-17(2,3)24-16(23)19-12-7-6-10-21(11-12)15(22)20-14-9-5-4-8-13(14)18/h4-5,8-9,12H,6-7,10-11H2,1-3H3,(H,19,23)(H,20,22)/t12-/m0/s1. The van der Waals surface area contributed by atoms with Gasteiger partial charge in [-0.1, -0.05) is 12.1 Å². The summed E-state index contributed by atoms with van der Waals surface area (Å²) in [6.45, 7) is 6.65. The molecule has 132 valence electrons. The molecule has 7 heteroatoms. The van der Waals surface area contributed by atoms with E-state index < -0.39 is 11.7 Å². The first-order chi connectivity index (χ1) is 11.2. The van der Waals surface area contributed by atoms with Crippen LogP contribution in [0.1, 0.15) is 33.6 Å². The number of nitrogens with zero attached hydrogens (tertiary/aromatic N) is 1. The Bertz CT molecular complexity index is 601. The van der Waals surface area contributed by atoms with Crippen LogP contribution in [0, 0.1) is 3.57 Å². The van der Waals surface area contributed by atoms with Gasteiger partial charge in [-0.15, -0.1) is 0 Å². The highest BCUT2D eigenvalue weighted by molar-refractivity contribution is 14.1. The second-order valence-corrected chi connectivity index (χ2v) is 8.00.